The third-order valence-corrected chi connectivity index (χ3v) is 16.0. The molecule has 2 aromatic carbocycles. The number of anilines is 1. The molecule has 3 saturated carbocycles. The van der Waals surface area contributed by atoms with Crippen LogP contribution in [0.1, 0.15) is 101 Å². The quantitative estimate of drug-likeness (QED) is 0.0711. The van der Waals surface area contributed by atoms with Crippen LogP contribution in [0.2, 0.25) is 0 Å². The number of ether oxygens (including phenoxy) is 2. The number of aryl methyl sites for hydroxylation is 1. The van der Waals surface area contributed by atoms with Gasteiger partial charge in [-0.15, -0.1) is 0 Å². The lowest BCUT2D eigenvalue weighted by molar-refractivity contribution is -0.385. The number of carbonyl (C=O) groups is 1. The Kier molecular flexibility index (Phi) is 11.0. The number of nitro groups is 1. The van der Waals surface area contributed by atoms with Gasteiger partial charge in [0.25, 0.3) is 21.6 Å². The van der Waals surface area contributed by atoms with Gasteiger partial charge in [-0.1, -0.05) is 44.4 Å². The summed E-state index contributed by atoms with van der Waals surface area (Å²) in [6.45, 7) is 12.1. The second kappa shape index (κ2) is 16.0. The molecule has 2 aliphatic heterocycles. The van der Waals surface area contributed by atoms with Crippen LogP contribution in [0.3, 0.4) is 0 Å². The molecular formula is C47H57FN6O7S. The Balaban J connectivity index is 0.921. The highest BCUT2D eigenvalue weighted by molar-refractivity contribution is 7.90. The van der Waals surface area contributed by atoms with E-state index in [1.807, 2.05) is 6.07 Å². The topological polar surface area (TPSA) is 160 Å². The highest BCUT2D eigenvalue weighted by Gasteiger charge is 2.68. The molecule has 2 aromatic heterocycles. The third-order valence-electron chi connectivity index (χ3n) is 14.7. The molecule has 0 unspecified atom stereocenters. The number of allylic oxidation sites excluding steroid dienone is 1. The Morgan fingerprint density at radius 1 is 1.03 bits per heavy atom. The van der Waals surface area contributed by atoms with Gasteiger partial charge in [-0.25, -0.2) is 22.5 Å². The number of alkyl halides is 1. The minimum absolute atomic E-state index is 0.0407. The van der Waals surface area contributed by atoms with Crippen molar-refractivity contribution in [2.45, 2.75) is 102 Å². The molecule has 2 saturated heterocycles. The molecule has 4 heterocycles. The Morgan fingerprint density at radius 2 is 1.79 bits per heavy atom. The molecule has 13 nitrogen and oxygen atoms in total. The number of nitro benzene ring substituents is 1. The SMILES string of the molecule is CCC12CC(C3=C(CN4CCN(c5ccc(C(=O)NS(=O)(=O)c6ccc(CCC7(F)CCOCC7)c([N+](=O)[O-])c6)c(Oc6cnc7[nH]ccc7c6)c5)CC4)CCC(C)(C)C3)(C1)C2. The van der Waals surface area contributed by atoms with E-state index in [4.69, 9.17) is 9.47 Å². The van der Waals surface area contributed by atoms with Crippen LogP contribution in [0.4, 0.5) is 15.8 Å². The van der Waals surface area contributed by atoms with E-state index in [0.717, 1.165) is 49.9 Å². The van der Waals surface area contributed by atoms with Crippen LogP contribution in [0.5, 0.6) is 11.5 Å². The molecular weight excluding hydrogens is 812 g/mol. The van der Waals surface area contributed by atoms with Crippen LogP contribution in [0, 0.1) is 26.4 Å². The predicted molar refractivity (Wildman–Crippen MR) is 235 cm³/mol. The van der Waals surface area contributed by atoms with E-state index < -0.39 is 37.1 Å². The van der Waals surface area contributed by atoms with E-state index in [9.17, 15) is 23.3 Å². The van der Waals surface area contributed by atoms with Gasteiger partial charge in [-0.05, 0) is 97.9 Å². The largest absolute Gasteiger partial charge is 0.455 e. The second-order valence-corrected chi connectivity index (χ2v) is 21.1. The van der Waals surface area contributed by atoms with Crippen LogP contribution in [0.25, 0.3) is 11.0 Å². The number of hydrogen-bond donors (Lipinski definition) is 2. The molecule has 0 atom stereocenters. The van der Waals surface area contributed by atoms with Crippen molar-refractivity contribution in [1.29, 1.82) is 0 Å². The van der Waals surface area contributed by atoms with Crippen molar-refractivity contribution in [2.75, 3.05) is 50.8 Å². The number of sulfonamides is 1. The molecule has 6 aliphatic rings. The minimum Gasteiger partial charge on any atom is -0.455 e. The van der Waals surface area contributed by atoms with Gasteiger partial charge in [0.05, 0.1) is 21.6 Å². The third kappa shape index (κ3) is 8.35. The molecule has 15 heteroatoms. The lowest BCUT2D eigenvalue weighted by Crippen LogP contribution is -2.63. The number of fused-ring (bicyclic) bond motifs is 1. The van der Waals surface area contributed by atoms with E-state index in [0.29, 0.717) is 27.6 Å². The number of piperazine rings is 1. The van der Waals surface area contributed by atoms with Gasteiger partial charge in [-0.2, -0.15) is 0 Å². The van der Waals surface area contributed by atoms with Crippen LogP contribution >= 0.6 is 0 Å². The molecule has 0 radical (unpaired) electrons. The maximum atomic E-state index is 15.3. The lowest BCUT2D eigenvalue weighted by atomic mass is 9.31. The standard InChI is InChI=1S/C47H57FN6O7S/c1-4-45-29-46(30-45,31-45)39-26-44(2,3)12-9-34(39)28-52-17-19-53(20-18-52)35-6-8-38(41(24-35)61-36-23-33-11-16-49-42(33)50-27-36)43(55)51-62(58,59)37-7-5-32(40(25-37)54(56)57)10-13-47(48)14-21-60-22-15-47/h5-8,11,16,23-25,27H,4,9-10,12-15,17-22,26,28-31H2,1-3H3,(H,49,50)(H,51,55). The second-order valence-electron chi connectivity index (χ2n) is 19.5. The molecule has 2 N–H and O–H groups in total. The molecule has 5 fully saturated rings. The van der Waals surface area contributed by atoms with Crippen molar-refractivity contribution in [3.05, 3.63) is 93.3 Å². The van der Waals surface area contributed by atoms with E-state index in [1.54, 1.807) is 41.6 Å². The number of benzene rings is 2. The fourth-order valence-corrected chi connectivity index (χ4v) is 11.9. The van der Waals surface area contributed by atoms with Gasteiger partial charge in [0.15, 0.2) is 0 Å². The van der Waals surface area contributed by atoms with Crippen LogP contribution < -0.4 is 14.4 Å². The number of pyridine rings is 1. The number of nitrogens with zero attached hydrogens (tertiary/aromatic N) is 4. The fourth-order valence-electron chi connectivity index (χ4n) is 11.0. The fraction of sp³-hybridized carbons (Fsp3) is 0.532. The zero-order valence-corrected chi connectivity index (χ0v) is 36.8. The molecule has 0 spiro atoms. The zero-order chi connectivity index (χ0) is 43.5. The van der Waals surface area contributed by atoms with Gasteiger partial charge in [0.1, 0.15) is 22.8 Å². The Bertz CT molecular complexity index is 2520. The number of halogens is 1. The molecule has 62 heavy (non-hydrogen) atoms. The summed E-state index contributed by atoms with van der Waals surface area (Å²) in [6.07, 6.45) is 12.8. The van der Waals surface area contributed by atoms with Gasteiger partial charge in [0.2, 0.25) is 0 Å². The first-order chi connectivity index (χ1) is 29.6. The number of hydrogen-bond acceptors (Lipinski definition) is 10. The maximum Gasteiger partial charge on any atom is 0.273 e. The lowest BCUT2D eigenvalue weighted by Gasteiger charge is -2.73. The van der Waals surface area contributed by atoms with Gasteiger partial charge < -0.3 is 19.4 Å². The number of rotatable bonds is 14. The van der Waals surface area contributed by atoms with E-state index >= 15 is 4.39 Å². The average Bonchev–Trinajstić information content (AvgIpc) is 3.68. The molecule has 2 bridgehead atoms. The van der Waals surface area contributed by atoms with Crippen LogP contribution in [0.15, 0.2) is 77.0 Å². The van der Waals surface area contributed by atoms with Crippen molar-refractivity contribution < 1.29 is 32.0 Å². The normalized spacial score (nSPS) is 24.6. The molecule has 1 amide bonds. The highest BCUT2D eigenvalue weighted by Crippen LogP contribution is 2.79. The van der Waals surface area contributed by atoms with Crippen molar-refractivity contribution in [2.24, 2.45) is 16.2 Å². The first-order valence-corrected chi connectivity index (χ1v) is 23.6. The summed E-state index contributed by atoms with van der Waals surface area (Å²) < 4.78 is 56.4. The number of carbonyl (C=O) groups excluding carboxylic acids is 1. The van der Waals surface area contributed by atoms with E-state index in [1.165, 1.54) is 63.3 Å². The van der Waals surface area contributed by atoms with Crippen LogP contribution in [-0.2, 0) is 21.2 Å². The minimum atomic E-state index is -4.59. The first kappa shape index (κ1) is 42.4. The molecule has 10 rings (SSSR count). The Labute approximate surface area is 362 Å². The summed E-state index contributed by atoms with van der Waals surface area (Å²) in [7, 11) is -4.59. The summed E-state index contributed by atoms with van der Waals surface area (Å²) in [4.78, 5) is 37.2. The first-order valence-electron chi connectivity index (χ1n) is 22.1. The predicted octanol–water partition coefficient (Wildman–Crippen LogP) is 9.04. The summed E-state index contributed by atoms with van der Waals surface area (Å²) in [5, 5.41) is 12.9. The molecule has 4 aliphatic carbocycles. The number of amides is 1. The summed E-state index contributed by atoms with van der Waals surface area (Å²) in [5.41, 5.74) is 4.52. The van der Waals surface area contributed by atoms with Crippen LogP contribution in [-0.4, -0.2) is 85.7 Å². The van der Waals surface area contributed by atoms with E-state index in [2.05, 4.69) is 45.3 Å². The maximum absolute atomic E-state index is 15.3. The molecule has 4 aromatic rings. The monoisotopic (exact) mass is 868 g/mol. The Hall–Kier alpha value is -4.86. The van der Waals surface area contributed by atoms with Crippen molar-refractivity contribution >= 4 is 38.3 Å². The van der Waals surface area contributed by atoms with Gasteiger partial charge in [0, 0.05) is 93.7 Å². The van der Waals surface area contributed by atoms with Crippen molar-refractivity contribution in [3.8, 4) is 11.5 Å². The number of aromatic amines is 1. The van der Waals surface area contributed by atoms with Gasteiger partial charge in [-0.3, -0.25) is 19.8 Å². The summed E-state index contributed by atoms with van der Waals surface area (Å²) >= 11 is 0. The number of nitrogens with one attached hydrogen (secondary N) is 2. The Morgan fingerprint density at radius 3 is 2.52 bits per heavy atom. The van der Waals surface area contributed by atoms with E-state index in [-0.39, 0.29) is 55.8 Å². The van der Waals surface area contributed by atoms with Crippen molar-refractivity contribution in [1.82, 2.24) is 19.6 Å². The van der Waals surface area contributed by atoms with Crippen molar-refractivity contribution in [3.63, 3.8) is 0 Å². The summed E-state index contributed by atoms with van der Waals surface area (Å²) in [5.74, 6) is -0.482. The zero-order valence-electron chi connectivity index (χ0n) is 35.9. The average molecular weight is 869 g/mol. The summed E-state index contributed by atoms with van der Waals surface area (Å²) in [6, 6.07) is 12.2. The number of aromatic nitrogens is 2. The number of H-pyrrole nitrogens is 1. The molecule has 330 valence electrons. The highest BCUT2D eigenvalue weighted by atomic mass is 32.2. The smallest absolute Gasteiger partial charge is 0.273 e. The van der Waals surface area contributed by atoms with Gasteiger partial charge >= 0.3 is 0 Å².